The Labute approximate surface area is 252 Å². The first-order valence-electron chi connectivity index (χ1n) is 14.6. The number of aryl methyl sites for hydroxylation is 1. The highest BCUT2D eigenvalue weighted by Gasteiger charge is 2.41. The lowest BCUT2D eigenvalue weighted by molar-refractivity contribution is -0.143. The second-order valence-electron chi connectivity index (χ2n) is 11.4. The topological polar surface area (TPSA) is 97.6 Å². The lowest BCUT2D eigenvalue weighted by atomic mass is 9.89. The second-order valence-corrected chi connectivity index (χ2v) is 11.4. The van der Waals surface area contributed by atoms with Gasteiger partial charge in [0.1, 0.15) is 17.9 Å². The molecule has 0 bridgehead atoms. The predicted octanol–water partition coefficient (Wildman–Crippen LogP) is 6.65. The van der Waals surface area contributed by atoms with Gasteiger partial charge in [-0.1, -0.05) is 42.0 Å². The summed E-state index contributed by atoms with van der Waals surface area (Å²) in [6.45, 7) is 3.75. The molecule has 0 unspecified atom stereocenters. The number of carboxylic acids is 1. The van der Waals surface area contributed by atoms with Gasteiger partial charge in [0.05, 0.1) is 11.9 Å². The minimum Gasteiger partial charge on any atom is -0.488 e. The molecule has 1 saturated heterocycles. The van der Waals surface area contributed by atoms with Crippen molar-refractivity contribution in [2.45, 2.75) is 51.3 Å². The number of hydrogen-bond donors (Lipinski definition) is 1. The number of carbonyl (C=O) groups is 2. The highest BCUT2D eigenvalue weighted by molar-refractivity contribution is 5.89. The fourth-order valence-corrected chi connectivity index (χ4v) is 5.68. The van der Waals surface area contributed by atoms with Gasteiger partial charge in [0.2, 0.25) is 5.91 Å². The van der Waals surface area contributed by atoms with Crippen molar-refractivity contribution in [1.82, 2.24) is 19.7 Å². The molecule has 2 aliphatic rings. The van der Waals surface area contributed by atoms with Crippen LogP contribution in [0.25, 0.3) is 17.1 Å². The molecule has 1 aliphatic heterocycles. The van der Waals surface area contributed by atoms with Crippen molar-refractivity contribution in [2.75, 3.05) is 13.1 Å². The summed E-state index contributed by atoms with van der Waals surface area (Å²) in [6.07, 6.45) is -0.328. The van der Waals surface area contributed by atoms with E-state index in [9.17, 15) is 27.9 Å². The summed E-state index contributed by atoms with van der Waals surface area (Å²) < 4.78 is 48.1. The van der Waals surface area contributed by atoms with Crippen molar-refractivity contribution in [1.29, 1.82) is 0 Å². The summed E-state index contributed by atoms with van der Waals surface area (Å²) >= 11 is 0. The summed E-state index contributed by atoms with van der Waals surface area (Å²) in [7, 11) is 0. The number of aromatic nitrogens is 3. The molecular formula is C33H31F3N4O4. The maximum Gasteiger partial charge on any atom is 0.434 e. The average molecular weight is 605 g/mol. The molecule has 3 heterocycles. The van der Waals surface area contributed by atoms with Crippen molar-refractivity contribution in [3.63, 3.8) is 0 Å². The number of benzene rings is 2. The van der Waals surface area contributed by atoms with Crippen molar-refractivity contribution in [3.05, 3.63) is 94.8 Å². The number of pyridine rings is 1. The number of rotatable bonds is 8. The van der Waals surface area contributed by atoms with Crippen LogP contribution in [-0.2, 0) is 17.6 Å². The van der Waals surface area contributed by atoms with Gasteiger partial charge in [-0.25, -0.2) is 14.5 Å². The molecular weight excluding hydrogens is 573 g/mol. The highest BCUT2D eigenvalue weighted by atomic mass is 19.4. The van der Waals surface area contributed by atoms with E-state index in [1.54, 1.807) is 12.1 Å². The van der Waals surface area contributed by atoms with E-state index < -0.39 is 23.4 Å². The van der Waals surface area contributed by atoms with Crippen molar-refractivity contribution >= 4 is 11.9 Å². The molecule has 1 aliphatic carbocycles. The Morgan fingerprint density at radius 3 is 2.39 bits per heavy atom. The average Bonchev–Trinajstić information content (AvgIpc) is 3.76. The molecule has 0 atom stereocenters. The van der Waals surface area contributed by atoms with E-state index in [0.717, 1.165) is 49.9 Å². The number of carbonyl (C=O) groups excluding carboxylic acids is 1. The quantitative estimate of drug-likeness (QED) is 0.242. The molecule has 6 rings (SSSR count). The number of piperidine rings is 1. The van der Waals surface area contributed by atoms with Crippen LogP contribution in [0.1, 0.15) is 64.3 Å². The first-order chi connectivity index (χ1) is 21.1. The fourth-order valence-electron chi connectivity index (χ4n) is 5.68. The normalized spacial score (nSPS) is 15.8. The van der Waals surface area contributed by atoms with Crippen molar-refractivity contribution < 1.29 is 32.6 Å². The third-order valence-corrected chi connectivity index (χ3v) is 8.21. The van der Waals surface area contributed by atoms with Crippen LogP contribution >= 0.6 is 0 Å². The Morgan fingerprint density at radius 2 is 1.73 bits per heavy atom. The molecule has 2 aromatic carbocycles. The minimum absolute atomic E-state index is 0.173. The number of nitrogens with zero attached hydrogens (tertiary/aromatic N) is 4. The molecule has 1 amide bonds. The van der Waals surface area contributed by atoms with Crippen LogP contribution in [0.5, 0.6) is 5.75 Å². The molecule has 4 aromatic rings. The van der Waals surface area contributed by atoms with Gasteiger partial charge in [-0.05, 0) is 73.9 Å². The van der Waals surface area contributed by atoms with Gasteiger partial charge in [0.15, 0.2) is 11.5 Å². The Balaban J connectivity index is 1.17. The van der Waals surface area contributed by atoms with E-state index in [0.29, 0.717) is 39.7 Å². The number of amides is 1. The Morgan fingerprint density at radius 1 is 1.00 bits per heavy atom. The van der Waals surface area contributed by atoms with Crippen LogP contribution < -0.4 is 4.74 Å². The van der Waals surface area contributed by atoms with Crippen molar-refractivity contribution in [2.24, 2.45) is 5.92 Å². The number of likely N-dealkylation sites (tertiary alicyclic amines) is 1. The summed E-state index contributed by atoms with van der Waals surface area (Å²) in [4.78, 5) is 30.2. The maximum atomic E-state index is 13.8. The standard InChI is InChI=1S/C33H31F3N4O4/c1-20-5-12-28(44-19-21-6-8-22(9-7-21)23-13-15-39(16-14-23)31(41)24-10-11-24)25(17-20)27-3-2-4-29(38-27)40-30(33(34,35)36)26(18-37-40)32(42)43/h2-9,12,17-18,23-24H,10-11,13-16,19H2,1H3,(H,42,43). The van der Waals surface area contributed by atoms with Gasteiger partial charge in [-0.2, -0.15) is 18.3 Å². The predicted molar refractivity (Wildman–Crippen MR) is 156 cm³/mol. The van der Waals surface area contributed by atoms with Gasteiger partial charge in [-0.15, -0.1) is 0 Å². The summed E-state index contributed by atoms with van der Waals surface area (Å²) in [6, 6.07) is 18.3. The van der Waals surface area contributed by atoms with Crippen LogP contribution in [0.3, 0.4) is 0 Å². The lowest BCUT2D eigenvalue weighted by Gasteiger charge is -2.32. The van der Waals surface area contributed by atoms with E-state index in [1.165, 1.54) is 17.7 Å². The van der Waals surface area contributed by atoms with Crippen LogP contribution in [0, 0.1) is 12.8 Å². The summed E-state index contributed by atoms with van der Waals surface area (Å²) in [5, 5.41) is 13.0. The molecule has 1 saturated carbocycles. The molecule has 228 valence electrons. The first kappa shape index (κ1) is 29.4. The van der Waals surface area contributed by atoms with Crippen LogP contribution in [0.2, 0.25) is 0 Å². The fraction of sp³-hybridized carbons (Fsp3) is 0.333. The second kappa shape index (κ2) is 11.8. The van der Waals surface area contributed by atoms with Gasteiger partial charge >= 0.3 is 12.1 Å². The smallest absolute Gasteiger partial charge is 0.434 e. The molecule has 0 spiro atoms. The number of aromatic carboxylic acids is 1. The zero-order valence-corrected chi connectivity index (χ0v) is 24.1. The van der Waals surface area contributed by atoms with E-state index in [2.05, 4.69) is 22.2 Å². The van der Waals surface area contributed by atoms with Crippen LogP contribution in [0.15, 0.2) is 66.9 Å². The Bertz CT molecular complexity index is 1690. The lowest BCUT2D eigenvalue weighted by Crippen LogP contribution is -2.38. The minimum atomic E-state index is -4.96. The third kappa shape index (κ3) is 6.17. The largest absolute Gasteiger partial charge is 0.488 e. The molecule has 1 N–H and O–H groups in total. The number of halogens is 3. The van der Waals surface area contributed by atoms with E-state index in [4.69, 9.17) is 4.74 Å². The zero-order chi connectivity index (χ0) is 31.0. The van der Waals surface area contributed by atoms with Gasteiger partial charge in [0, 0.05) is 24.6 Å². The first-order valence-corrected chi connectivity index (χ1v) is 14.6. The van der Waals surface area contributed by atoms with Gasteiger partial charge < -0.3 is 14.7 Å². The maximum absolute atomic E-state index is 13.8. The molecule has 11 heteroatoms. The Hall–Kier alpha value is -4.67. The van der Waals surface area contributed by atoms with E-state index in [-0.39, 0.29) is 18.3 Å². The zero-order valence-electron chi connectivity index (χ0n) is 24.1. The Kier molecular flexibility index (Phi) is 7.87. The van der Waals surface area contributed by atoms with E-state index >= 15 is 0 Å². The molecule has 8 nitrogen and oxygen atoms in total. The molecule has 44 heavy (non-hydrogen) atoms. The summed E-state index contributed by atoms with van der Waals surface area (Å²) in [5.74, 6) is -0.423. The van der Waals surface area contributed by atoms with Gasteiger partial charge in [-0.3, -0.25) is 4.79 Å². The van der Waals surface area contributed by atoms with Crippen molar-refractivity contribution in [3.8, 4) is 22.8 Å². The van der Waals surface area contributed by atoms with E-state index in [1.807, 2.05) is 36.1 Å². The third-order valence-electron chi connectivity index (χ3n) is 8.21. The summed E-state index contributed by atoms with van der Waals surface area (Å²) in [5.41, 5.74) is 1.67. The number of hydrogen-bond acceptors (Lipinski definition) is 5. The molecule has 0 radical (unpaired) electrons. The number of alkyl halides is 3. The molecule has 2 aromatic heterocycles. The van der Waals surface area contributed by atoms with Crippen LogP contribution in [0.4, 0.5) is 13.2 Å². The SMILES string of the molecule is Cc1ccc(OCc2ccc(C3CCN(C(=O)C4CC4)CC3)cc2)c(-c2cccc(-n3ncc(C(=O)O)c3C(F)(F)F)n2)c1. The number of carboxylic acid groups (broad SMARTS) is 1. The van der Waals surface area contributed by atoms with Crippen LogP contribution in [-0.4, -0.2) is 49.7 Å². The molecule has 2 fully saturated rings. The van der Waals surface area contributed by atoms with Gasteiger partial charge in [0.25, 0.3) is 0 Å². The number of ether oxygens (including phenoxy) is 1. The monoisotopic (exact) mass is 604 g/mol. The highest BCUT2D eigenvalue weighted by Crippen LogP contribution is 2.36.